The average molecular weight is 279 g/mol. The summed E-state index contributed by atoms with van der Waals surface area (Å²) in [5.41, 5.74) is 4.48. The summed E-state index contributed by atoms with van der Waals surface area (Å²) < 4.78 is 0. The van der Waals surface area contributed by atoms with Crippen molar-refractivity contribution in [1.29, 1.82) is 0 Å². The number of rotatable bonds is 4. The van der Waals surface area contributed by atoms with Crippen LogP contribution in [-0.4, -0.2) is 25.0 Å². The van der Waals surface area contributed by atoms with Crippen LogP contribution in [0.5, 0.6) is 0 Å². The maximum absolute atomic E-state index is 2.37. The lowest BCUT2D eigenvalue weighted by Crippen LogP contribution is -2.50. The van der Waals surface area contributed by atoms with Crippen LogP contribution >= 0.6 is 0 Å². The molecule has 1 fully saturated rings. The molecule has 110 valence electrons. The summed E-state index contributed by atoms with van der Waals surface area (Å²) in [6.45, 7) is 2.37. The minimum absolute atomic E-state index is 0.360. The molecule has 21 heavy (non-hydrogen) atoms. The molecule has 1 saturated carbocycles. The Morgan fingerprint density at radius 2 is 1.43 bits per heavy atom. The van der Waals surface area contributed by atoms with Gasteiger partial charge in [-0.1, -0.05) is 61.0 Å². The molecule has 0 aliphatic heterocycles. The molecular weight excluding hydrogens is 254 g/mol. The van der Waals surface area contributed by atoms with E-state index in [2.05, 4.69) is 80.5 Å². The zero-order valence-electron chi connectivity index (χ0n) is 13.3. The van der Waals surface area contributed by atoms with E-state index in [1.807, 2.05) is 0 Å². The van der Waals surface area contributed by atoms with Crippen molar-refractivity contribution in [3.05, 3.63) is 60.2 Å². The van der Waals surface area contributed by atoms with Crippen molar-refractivity contribution in [1.82, 2.24) is 4.90 Å². The van der Waals surface area contributed by atoms with E-state index in [0.29, 0.717) is 11.5 Å². The predicted octanol–water partition coefficient (Wildman–Crippen LogP) is 4.73. The summed E-state index contributed by atoms with van der Waals surface area (Å²) >= 11 is 0. The van der Waals surface area contributed by atoms with Gasteiger partial charge in [-0.15, -0.1) is 0 Å². The second-order valence-corrected chi connectivity index (χ2v) is 6.59. The molecule has 0 aromatic heterocycles. The van der Waals surface area contributed by atoms with E-state index in [-0.39, 0.29) is 0 Å². The Morgan fingerprint density at radius 3 is 1.90 bits per heavy atom. The van der Waals surface area contributed by atoms with Gasteiger partial charge < -0.3 is 4.90 Å². The van der Waals surface area contributed by atoms with Gasteiger partial charge in [-0.2, -0.15) is 0 Å². The fourth-order valence-electron chi connectivity index (χ4n) is 3.62. The molecule has 0 saturated heterocycles. The number of likely N-dealkylation sites (N-methyl/N-ethyl adjacent to an activating group) is 1. The first-order valence-electron chi connectivity index (χ1n) is 7.96. The smallest absolute Gasteiger partial charge is 0.0158 e. The van der Waals surface area contributed by atoms with Crippen LogP contribution in [0.25, 0.3) is 11.1 Å². The Labute approximate surface area is 128 Å². The van der Waals surface area contributed by atoms with Crippen LogP contribution in [0.2, 0.25) is 0 Å². The van der Waals surface area contributed by atoms with Crippen LogP contribution < -0.4 is 0 Å². The predicted molar refractivity (Wildman–Crippen MR) is 90.6 cm³/mol. The minimum atomic E-state index is 0.360. The zero-order valence-corrected chi connectivity index (χ0v) is 13.3. The Balaban J connectivity index is 1.90. The normalized spacial score (nSPS) is 18.3. The number of benzene rings is 2. The van der Waals surface area contributed by atoms with Crippen LogP contribution in [0.3, 0.4) is 0 Å². The maximum atomic E-state index is 2.37. The van der Waals surface area contributed by atoms with E-state index in [1.54, 1.807) is 0 Å². The average Bonchev–Trinajstić information content (AvgIpc) is 2.47. The topological polar surface area (TPSA) is 3.24 Å². The van der Waals surface area contributed by atoms with E-state index >= 15 is 0 Å². The summed E-state index contributed by atoms with van der Waals surface area (Å²) in [7, 11) is 4.39. The van der Waals surface area contributed by atoms with E-state index < -0.39 is 0 Å². The van der Waals surface area contributed by atoms with Crippen LogP contribution in [0.15, 0.2) is 54.6 Å². The minimum Gasteiger partial charge on any atom is -0.306 e. The summed E-state index contributed by atoms with van der Waals surface area (Å²) in [6, 6.07) is 20.5. The maximum Gasteiger partial charge on any atom is 0.0158 e. The lowest BCUT2D eigenvalue weighted by molar-refractivity contribution is 0.109. The molecule has 0 bridgehead atoms. The van der Waals surface area contributed by atoms with E-state index in [9.17, 15) is 0 Å². The van der Waals surface area contributed by atoms with E-state index in [4.69, 9.17) is 0 Å². The van der Waals surface area contributed by atoms with Gasteiger partial charge in [-0.05, 0) is 50.6 Å². The summed E-state index contributed by atoms with van der Waals surface area (Å²) in [4.78, 5) is 2.37. The highest BCUT2D eigenvalue weighted by Gasteiger charge is 2.44. The molecule has 3 rings (SSSR count). The molecule has 0 amide bonds. The lowest BCUT2D eigenvalue weighted by atomic mass is 9.60. The summed E-state index contributed by atoms with van der Waals surface area (Å²) in [5, 5.41) is 0. The van der Waals surface area contributed by atoms with Crippen molar-refractivity contribution >= 4 is 0 Å². The number of nitrogens with zero attached hydrogens (tertiary/aromatic N) is 1. The molecule has 0 heterocycles. The monoisotopic (exact) mass is 279 g/mol. The molecule has 1 heteroatoms. The van der Waals surface area contributed by atoms with Gasteiger partial charge in [0, 0.05) is 11.5 Å². The molecule has 1 unspecified atom stereocenters. The molecule has 0 radical (unpaired) electrons. The molecular formula is C20H25N. The molecule has 1 nitrogen and oxygen atoms in total. The third kappa shape index (κ3) is 2.51. The largest absolute Gasteiger partial charge is 0.306 e. The van der Waals surface area contributed by atoms with Gasteiger partial charge in [0.05, 0.1) is 0 Å². The van der Waals surface area contributed by atoms with Crippen molar-refractivity contribution in [2.24, 2.45) is 0 Å². The number of hydrogen-bond donors (Lipinski definition) is 0. The van der Waals surface area contributed by atoms with Gasteiger partial charge in [-0.3, -0.25) is 0 Å². The van der Waals surface area contributed by atoms with E-state index in [0.717, 1.165) is 0 Å². The van der Waals surface area contributed by atoms with Gasteiger partial charge in [-0.25, -0.2) is 0 Å². The fourth-order valence-corrected chi connectivity index (χ4v) is 3.62. The molecule has 1 aliphatic rings. The number of hydrogen-bond acceptors (Lipinski definition) is 1. The molecule has 1 atom stereocenters. The molecule has 1 aliphatic carbocycles. The third-order valence-corrected chi connectivity index (χ3v) is 5.39. The van der Waals surface area contributed by atoms with Crippen molar-refractivity contribution in [3.63, 3.8) is 0 Å². The molecule has 2 aromatic carbocycles. The first-order valence-corrected chi connectivity index (χ1v) is 7.96. The van der Waals surface area contributed by atoms with Crippen molar-refractivity contribution in [3.8, 4) is 11.1 Å². The highest BCUT2D eigenvalue weighted by molar-refractivity contribution is 5.63. The Morgan fingerprint density at radius 1 is 0.857 bits per heavy atom. The highest BCUT2D eigenvalue weighted by Crippen LogP contribution is 2.47. The second kappa shape index (κ2) is 5.65. The van der Waals surface area contributed by atoms with E-state index in [1.165, 1.54) is 36.0 Å². The van der Waals surface area contributed by atoms with Crippen molar-refractivity contribution < 1.29 is 0 Å². The van der Waals surface area contributed by atoms with Crippen LogP contribution in [0.1, 0.15) is 31.7 Å². The highest BCUT2D eigenvalue weighted by atomic mass is 15.1. The lowest BCUT2D eigenvalue weighted by Gasteiger charge is -2.49. The third-order valence-electron chi connectivity index (χ3n) is 5.39. The second-order valence-electron chi connectivity index (χ2n) is 6.59. The van der Waals surface area contributed by atoms with Gasteiger partial charge in [0.2, 0.25) is 0 Å². The molecule has 0 N–H and O–H groups in total. The van der Waals surface area contributed by atoms with Crippen LogP contribution in [0.4, 0.5) is 0 Å². The van der Waals surface area contributed by atoms with Crippen molar-refractivity contribution in [2.45, 2.75) is 37.6 Å². The Hall–Kier alpha value is -1.60. The fraction of sp³-hybridized carbons (Fsp3) is 0.400. The van der Waals surface area contributed by atoms with Crippen LogP contribution in [-0.2, 0) is 5.41 Å². The zero-order chi connectivity index (χ0) is 14.9. The van der Waals surface area contributed by atoms with Crippen LogP contribution in [0, 0.1) is 0 Å². The van der Waals surface area contributed by atoms with Gasteiger partial charge >= 0.3 is 0 Å². The molecule has 0 spiro atoms. The standard InChI is InChI=1S/C20H25N/c1-16(21(2)3)20(14-7-15-20)19-12-10-18(11-13-19)17-8-5-4-6-9-17/h4-6,8-13,16H,7,14-15H2,1-3H3. The summed E-state index contributed by atoms with van der Waals surface area (Å²) in [5.74, 6) is 0. The van der Waals surface area contributed by atoms with Crippen molar-refractivity contribution in [2.75, 3.05) is 14.1 Å². The van der Waals surface area contributed by atoms with Gasteiger partial charge in [0.15, 0.2) is 0 Å². The quantitative estimate of drug-likeness (QED) is 0.782. The molecule has 2 aromatic rings. The summed E-state index contributed by atoms with van der Waals surface area (Å²) in [6.07, 6.45) is 3.99. The first kappa shape index (κ1) is 14.3. The first-order chi connectivity index (χ1) is 10.1. The van der Waals surface area contributed by atoms with Gasteiger partial charge in [0.1, 0.15) is 0 Å². The SMILES string of the molecule is CC(N(C)C)C1(c2ccc(-c3ccccc3)cc2)CCC1. The Kier molecular flexibility index (Phi) is 3.86. The van der Waals surface area contributed by atoms with Gasteiger partial charge in [0.25, 0.3) is 0 Å². The Bertz CT molecular complexity index is 579.